The Hall–Kier alpha value is -2.64. The third-order valence-corrected chi connectivity index (χ3v) is 3.68. The summed E-state index contributed by atoms with van der Waals surface area (Å²) in [7, 11) is 1.52. The molecule has 1 aromatic rings. The van der Waals surface area contributed by atoms with Gasteiger partial charge >= 0.3 is 0 Å². The van der Waals surface area contributed by atoms with Crippen molar-refractivity contribution in [3.8, 4) is 5.75 Å². The summed E-state index contributed by atoms with van der Waals surface area (Å²) in [4.78, 5) is 33.7. The van der Waals surface area contributed by atoms with Gasteiger partial charge in [-0.05, 0) is 19.9 Å². The molecule has 1 aliphatic heterocycles. The van der Waals surface area contributed by atoms with Crippen LogP contribution in [-0.2, 0) is 14.3 Å². The summed E-state index contributed by atoms with van der Waals surface area (Å²) in [5.41, 5.74) is -0.599. The molecular formula is C14H16N2O6. The maximum Gasteiger partial charge on any atom is 0.293 e. The number of likely N-dealkylation sites (N-methyl/N-ethyl adjacent to an activating group) is 1. The summed E-state index contributed by atoms with van der Waals surface area (Å²) < 4.78 is 10.9. The number of rotatable bonds is 5. The molecule has 2 atom stereocenters. The average Bonchev–Trinajstić information content (AvgIpc) is 2.46. The molecule has 8 nitrogen and oxygen atoms in total. The predicted molar refractivity (Wildman–Crippen MR) is 75.3 cm³/mol. The van der Waals surface area contributed by atoms with Crippen LogP contribution in [0.2, 0.25) is 0 Å². The highest BCUT2D eigenvalue weighted by molar-refractivity contribution is 5.54. The molecule has 0 unspecified atom stereocenters. The monoisotopic (exact) mass is 308 g/mol. The second-order valence-corrected chi connectivity index (χ2v) is 5.55. The van der Waals surface area contributed by atoms with E-state index in [1.165, 1.54) is 30.1 Å². The number of nitro groups is 1. The molecule has 118 valence electrons. The fraction of sp³-hybridized carbons (Fsp3) is 0.429. The predicted octanol–water partition coefficient (Wildman–Crippen LogP) is 1.44. The van der Waals surface area contributed by atoms with Gasteiger partial charge in [0.05, 0.1) is 4.92 Å². The van der Waals surface area contributed by atoms with Crippen molar-refractivity contribution in [2.45, 2.75) is 31.6 Å². The van der Waals surface area contributed by atoms with E-state index in [9.17, 15) is 19.7 Å². The number of hydrogen-bond donors (Lipinski definition) is 0. The quantitative estimate of drug-likeness (QED) is 0.463. The molecule has 0 saturated carbocycles. The van der Waals surface area contributed by atoms with E-state index in [1.807, 2.05) is 0 Å². The lowest BCUT2D eigenvalue weighted by molar-refractivity contribution is -0.385. The van der Waals surface area contributed by atoms with Crippen molar-refractivity contribution in [3.05, 3.63) is 33.9 Å². The van der Waals surface area contributed by atoms with Gasteiger partial charge in [0, 0.05) is 24.7 Å². The Morgan fingerprint density at radius 1 is 1.41 bits per heavy atom. The number of nitro benzene ring substituents is 1. The first kappa shape index (κ1) is 15.7. The molecule has 0 fully saturated rings. The van der Waals surface area contributed by atoms with E-state index >= 15 is 0 Å². The van der Waals surface area contributed by atoms with Crippen molar-refractivity contribution < 1.29 is 24.0 Å². The number of nitrogens with zero attached hydrogens (tertiary/aromatic N) is 2. The van der Waals surface area contributed by atoms with Crippen LogP contribution in [-0.4, -0.2) is 41.5 Å². The van der Waals surface area contributed by atoms with Gasteiger partial charge in [0.1, 0.15) is 17.4 Å². The molecule has 0 aliphatic carbocycles. The van der Waals surface area contributed by atoms with E-state index in [1.54, 1.807) is 13.8 Å². The van der Waals surface area contributed by atoms with Crippen LogP contribution in [0.1, 0.15) is 25.5 Å². The molecule has 0 N–H and O–H groups in total. The smallest absolute Gasteiger partial charge is 0.293 e. The normalized spacial score (nSPS) is 22.0. The molecule has 1 aromatic carbocycles. The second kappa shape index (κ2) is 5.63. The van der Waals surface area contributed by atoms with Gasteiger partial charge in [0.25, 0.3) is 12.2 Å². The van der Waals surface area contributed by atoms with Crippen LogP contribution in [0.25, 0.3) is 0 Å². The lowest BCUT2D eigenvalue weighted by Gasteiger charge is -2.45. The Morgan fingerprint density at radius 2 is 2.09 bits per heavy atom. The third-order valence-electron chi connectivity index (χ3n) is 3.68. The first-order valence-corrected chi connectivity index (χ1v) is 6.55. The van der Waals surface area contributed by atoms with Gasteiger partial charge in [0.15, 0.2) is 6.10 Å². The summed E-state index contributed by atoms with van der Waals surface area (Å²) >= 11 is 0. The maximum absolute atomic E-state index is 11.2. The van der Waals surface area contributed by atoms with Gasteiger partial charge in [-0.25, -0.2) is 0 Å². The fourth-order valence-electron chi connectivity index (χ4n) is 2.65. The zero-order valence-electron chi connectivity index (χ0n) is 12.4. The summed E-state index contributed by atoms with van der Waals surface area (Å²) in [5, 5.41) is 11.0. The van der Waals surface area contributed by atoms with E-state index in [0.29, 0.717) is 17.7 Å². The number of carbonyl (C=O) groups excluding carboxylic acids is 2. The van der Waals surface area contributed by atoms with Crippen LogP contribution in [0.4, 0.5) is 5.69 Å². The molecule has 2 rings (SSSR count). The minimum Gasteiger partial charge on any atom is -0.484 e. The maximum atomic E-state index is 11.2. The first-order valence-electron chi connectivity index (χ1n) is 6.55. The first-order chi connectivity index (χ1) is 10.3. The molecular weight excluding hydrogens is 292 g/mol. The Kier molecular flexibility index (Phi) is 4.03. The van der Waals surface area contributed by atoms with E-state index in [-0.39, 0.29) is 12.2 Å². The molecule has 8 heteroatoms. The minimum atomic E-state index is -0.897. The number of fused-ring (bicyclic) bond motifs is 1. The molecule has 1 amide bonds. The molecule has 0 aromatic heterocycles. The van der Waals surface area contributed by atoms with Crippen LogP contribution in [0.3, 0.4) is 0 Å². The summed E-state index contributed by atoms with van der Waals surface area (Å²) in [6, 6.07) is 3.46. The lowest BCUT2D eigenvalue weighted by Crippen LogP contribution is -2.53. The van der Waals surface area contributed by atoms with Crippen LogP contribution in [0.15, 0.2) is 18.2 Å². The van der Waals surface area contributed by atoms with Crippen LogP contribution < -0.4 is 4.74 Å². The van der Waals surface area contributed by atoms with Gasteiger partial charge in [-0.15, -0.1) is 0 Å². The zero-order valence-corrected chi connectivity index (χ0v) is 12.4. The van der Waals surface area contributed by atoms with E-state index < -0.39 is 22.7 Å². The standard InChI is InChI=1S/C14H16N2O6/c1-14(2)13(21-8-18)12(15(3)7-17)10-6-9(16(19)20)4-5-11(10)22-14/h4-8,12-13H,1-3H3/t12-,13+/m0/s1. The van der Waals surface area contributed by atoms with E-state index in [2.05, 4.69) is 0 Å². The average molecular weight is 308 g/mol. The molecule has 0 radical (unpaired) electrons. The van der Waals surface area contributed by atoms with Gasteiger partial charge in [0.2, 0.25) is 6.41 Å². The largest absolute Gasteiger partial charge is 0.484 e. The summed E-state index contributed by atoms with van der Waals surface area (Å²) in [6.07, 6.45) is -0.217. The van der Waals surface area contributed by atoms with Crippen molar-refractivity contribution in [1.29, 1.82) is 0 Å². The van der Waals surface area contributed by atoms with Gasteiger partial charge in [-0.3, -0.25) is 19.7 Å². The van der Waals surface area contributed by atoms with Crippen molar-refractivity contribution in [3.63, 3.8) is 0 Å². The number of amides is 1. The highest BCUT2D eigenvalue weighted by atomic mass is 16.6. The molecule has 0 saturated heterocycles. The van der Waals surface area contributed by atoms with Crippen molar-refractivity contribution in [2.75, 3.05) is 7.05 Å². The highest BCUT2D eigenvalue weighted by Crippen LogP contribution is 2.44. The minimum absolute atomic E-state index is 0.129. The Bertz CT molecular complexity index is 615. The Morgan fingerprint density at radius 3 is 2.64 bits per heavy atom. The van der Waals surface area contributed by atoms with Gasteiger partial charge in [-0.1, -0.05) is 0 Å². The van der Waals surface area contributed by atoms with Gasteiger partial charge < -0.3 is 14.4 Å². The van der Waals surface area contributed by atoms with Crippen LogP contribution in [0.5, 0.6) is 5.75 Å². The zero-order chi connectivity index (χ0) is 16.5. The third kappa shape index (κ3) is 2.59. The second-order valence-electron chi connectivity index (χ2n) is 5.55. The van der Waals surface area contributed by atoms with Crippen molar-refractivity contribution in [1.82, 2.24) is 4.90 Å². The lowest BCUT2D eigenvalue weighted by atomic mass is 9.85. The number of hydrogen-bond acceptors (Lipinski definition) is 6. The fourth-order valence-corrected chi connectivity index (χ4v) is 2.65. The van der Waals surface area contributed by atoms with E-state index in [4.69, 9.17) is 9.47 Å². The van der Waals surface area contributed by atoms with E-state index in [0.717, 1.165) is 0 Å². The number of ether oxygens (including phenoxy) is 2. The van der Waals surface area contributed by atoms with Crippen LogP contribution >= 0.6 is 0 Å². The van der Waals surface area contributed by atoms with Gasteiger partial charge in [-0.2, -0.15) is 0 Å². The number of non-ortho nitro benzene ring substituents is 1. The molecule has 0 spiro atoms. The number of benzene rings is 1. The summed E-state index contributed by atoms with van der Waals surface area (Å²) in [6.45, 7) is 3.72. The molecule has 0 bridgehead atoms. The molecule has 22 heavy (non-hydrogen) atoms. The topological polar surface area (TPSA) is 99.0 Å². The number of carbonyl (C=O) groups is 2. The van der Waals surface area contributed by atoms with Crippen molar-refractivity contribution >= 4 is 18.6 Å². The Balaban J connectivity index is 2.62. The molecule has 1 heterocycles. The molecule has 1 aliphatic rings. The Labute approximate surface area is 126 Å². The van der Waals surface area contributed by atoms with Crippen LogP contribution in [0, 0.1) is 10.1 Å². The van der Waals surface area contributed by atoms with Crippen molar-refractivity contribution in [2.24, 2.45) is 0 Å². The summed E-state index contributed by atoms with van der Waals surface area (Å²) in [5.74, 6) is 0.417. The SMILES string of the molecule is CN(C=O)[C@H]1c2cc([N+](=O)[O-])ccc2OC(C)(C)[C@@H]1OC=O. The highest BCUT2D eigenvalue weighted by Gasteiger charge is 2.47.